The third-order valence-corrected chi connectivity index (χ3v) is 5.77. The number of hydrogen-bond acceptors (Lipinski definition) is 4. The van der Waals surface area contributed by atoms with Crippen LogP contribution in [0.4, 0.5) is 14.5 Å². The SMILES string of the molecule is CCc1cc(O)c(F)cc1-c1ccc(C(=N)c2ncc(Br)[nH]2)c(NPI)c1F. The fourth-order valence-electron chi connectivity index (χ4n) is 2.86. The molecule has 28 heavy (non-hydrogen) atoms. The highest BCUT2D eigenvalue weighted by Gasteiger charge is 2.21. The normalized spacial score (nSPS) is 11.3. The second-order valence-corrected chi connectivity index (χ2v) is 8.75. The minimum absolute atomic E-state index is 0.0286. The van der Waals surface area contributed by atoms with Gasteiger partial charge in [-0.3, -0.25) is 5.41 Å². The lowest BCUT2D eigenvalue weighted by Gasteiger charge is -2.16. The summed E-state index contributed by atoms with van der Waals surface area (Å²) >= 11 is 5.32. The van der Waals surface area contributed by atoms with Crippen LogP contribution < -0.4 is 5.09 Å². The zero-order valence-electron chi connectivity index (χ0n) is 14.5. The van der Waals surface area contributed by atoms with Crippen molar-refractivity contribution in [3.8, 4) is 16.9 Å². The molecule has 1 heterocycles. The number of anilines is 1. The molecule has 0 amide bonds. The largest absolute Gasteiger partial charge is 0.505 e. The molecule has 10 heteroatoms. The first kappa shape index (κ1) is 21.1. The van der Waals surface area contributed by atoms with E-state index in [0.717, 1.165) is 6.07 Å². The molecule has 0 aliphatic carbocycles. The molecular formula is C18H15BrF2IN4OP. The van der Waals surface area contributed by atoms with Crippen LogP contribution in [0, 0.1) is 17.0 Å². The van der Waals surface area contributed by atoms with Crippen molar-refractivity contribution in [1.82, 2.24) is 9.97 Å². The molecule has 146 valence electrons. The van der Waals surface area contributed by atoms with Crippen LogP contribution in [0.2, 0.25) is 0 Å². The van der Waals surface area contributed by atoms with E-state index in [-0.39, 0.29) is 23.3 Å². The van der Waals surface area contributed by atoms with Gasteiger partial charge in [0.05, 0.1) is 11.9 Å². The van der Waals surface area contributed by atoms with Gasteiger partial charge in [-0.15, -0.1) is 0 Å². The van der Waals surface area contributed by atoms with Gasteiger partial charge >= 0.3 is 0 Å². The molecule has 0 fully saturated rings. The first-order chi connectivity index (χ1) is 13.4. The van der Waals surface area contributed by atoms with Gasteiger partial charge in [-0.2, -0.15) is 0 Å². The van der Waals surface area contributed by atoms with Gasteiger partial charge in [0, 0.05) is 17.5 Å². The highest BCUT2D eigenvalue weighted by molar-refractivity contribution is 14.2. The van der Waals surface area contributed by atoms with E-state index in [1.807, 2.05) is 6.92 Å². The number of benzene rings is 2. The predicted molar refractivity (Wildman–Crippen MR) is 121 cm³/mol. The van der Waals surface area contributed by atoms with Crippen LogP contribution in [-0.2, 0) is 6.42 Å². The highest BCUT2D eigenvalue weighted by Crippen LogP contribution is 2.38. The van der Waals surface area contributed by atoms with Crippen molar-refractivity contribution in [2.75, 3.05) is 5.09 Å². The summed E-state index contributed by atoms with van der Waals surface area (Å²) in [5.74, 6) is -1.57. The Bertz CT molecular complexity index is 1060. The summed E-state index contributed by atoms with van der Waals surface area (Å²) in [4.78, 5) is 6.99. The van der Waals surface area contributed by atoms with Gasteiger partial charge in [0.2, 0.25) is 0 Å². The Morgan fingerprint density at radius 1 is 1.36 bits per heavy atom. The van der Waals surface area contributed by atoms with E-state index in [9.17, 15) is 9.50 Å². The van der Waals surface area contributed by atoms with Gasteiger partial charge in [-0.1, -0.05) is 13.0 Å². The van der Waals surface area contributed by atoms with E-state index >= 15 is 4.39 Å². The van der Waals surface area contributed by atoms with Crippen LogP contribution in [0.3, 0.4) is 0 Å². The van der Waals surface area contributed by atoms with Gasteiger partial charge in [0.15, 0.2) is 23.2 Å². The average Bonchev–Trinajstić information content (AvgIpc) is 3.11. The average molecular weight is 579 g/mol. The summed E-state index contributed by atoms with van der Waals surface area (Å²) in [5.41, 5.74) is 1.71. The van der Waals surface area contributed by atoms with Gasteiger partial charge in [-0.25, -0.2) is 13.8 Å². The van der Waals surface area contributed by atoms with E-state index in [2.05, 4.69) is 53.0 Å². The first-order valence-corrected chi connectivity index (χ1v) is 13.0. The number of imidazole rings is 1. The fraction of sp³-hybridized carbons (Fsp3) is 0.111. The standard InChI is InChI=1S/C18H15BrF2IN4OP/c1-2-8-5-13(27)12(20)6-11(8)9-3-4-10(17(15(9)21)26-28-22)16(23)18-24-7-14(19)25-18/h3-7,23,26-28H,2H2,1H3,(H,24,25). The minimum Gasteiger partial charge on any atom is -0.505 e. The van der Waals surface area contributed by atoms with Crippen LogP contribution >= 0.6 is 44.3 Å². The Kier molecular flexibility index (Phi) is 6.67. The Balaban J connectivity index is 2.18. The number of aryl methyl sites for hydroxylation is 1. The second-order valence-electron chi connectivity index (χ2n) is 5.84. The van der Waals surface area contributed by atoms with E-state index in [0.29, 0.717) is 33.5 Å². The number of aromatic hydroxyl groups is 1. The minimum atomic E-state index is -0.811. The van der Waals surface area contributed by atoms with Crippen molar-refractivity contribution >= 4 is 55.7 Å². The number of rotatable bonds is 6. The molecule has 0 spiro atoms. The van der Waals surface area contributed by atoms with Gasteiger partial charge in [-0.05, 0) is 73.7 Å². The molecule has 1 atom stereocenters. The molecule has 3 rings (SSSR count). The van der Waals surface area contributed by atoms with Gasteiger partial charge in [0.25, 0.3) is 0 Å². The maximum absolute atomic E-state index is 15.5. The van der Waals surface area contributed by atoms with Crippen LogP contribution in [-0.4, -0.2) is 20.8 Å². The highest BCUT2D eigenvalue weighted by atomic mass is 127. The summed E-state index contributed by atoms with van der Waals surface area (Å²) in [7, 11) is 0. The number of aromatic nitrogens is 2. The van der Waals surface area contributed by atoms with Crippen LogP contribution in [0.15, 0.2) is 35.1 Å². The smallest absolute Gasteiger partial charge is 0.165 e. The van der Waals surface area contributed by atoms with Crippen molar-refractivity contribution in [2.45, 2.75) is 13.3 Å². The molecule has 0 saturated heterocycles. The van der Waals surface area contributed by atoms with E-state index in [1.54, 1.807) is 6.07 Å². The summed E-state index contributed by atoms with van der Waals surface area (Å²) in [6.45, 7) is 1.85. The summed E-state index contributed by atoms with van der Waals surface area (Å²) in [6, 6.07) is 5.58. The third-order valence-electron chi connectivity index (χ3n) is 4.21. The monoisotopic (exact) mass is 578 g/mol. The number of halogens is 4. The lowest BCUT2D eigenvalue weighted by molar-refractivity contribution is 0.432. The number of nitrogens with one attached hydrogen (secondary N) is 3. The van der Waals surface area contributed by atoms with Crippen LogP contribution in [0.1, 0.15) is 23.9 Å². The quantitative estimate of drug-likeness (QED) is 0.161. The Morgan fingerprint density at radius 3 is 2.71 bits per heavy atom. The molecule has 3 aromatic rings. The molecule has 1 aromatic heterocycles. The summed E-state index contributed by atoms with van der Waals surface area (Å²) in [6.07, 6.45) is 2.18. The molecule has 0 radical (unpaired) electrons. The molecule has 1 unspecified atom stereocenters. The fourth-order valence-corrected chi connectivity index (χ4v) is 4.30. The molecule has 0 saturated carbocycles. The second kappa shape index (κ2) is 8.84. The number of hydrogen-bond donors (Lipinski definition) is 4. The van der Waals surface area contributed by atoms with Crippen molar-refractivity contribution < 1.29 is 13.9 Å². The van der Waals surface area contributed by atoms with Crippen LogP contribution in [0.5, 0.6) is 5.75 Å². The maximum atomic E-state index is 15.5. The number of nitrogens with zero attached hydrogens (tertiary/aromatic N) is 1. The number of phenols is 1. The van der Waals surface area contributed by atoms with E-state index in [1.165, 1.54) is 18.3 Å². The van der Waals surface area contributed by atoms with Crippen molar-refractivity contribution in [3.05, 3.63) is 63.7 Å². The molecule has 2 aromatic carbocycles. The number of phenolic OH excluding ortho intramolecular Hbond substituents is 1. The molecule has 4 N–H and O–H groups in total. The van der Waals surface area contributed by atoms with Gasteiger partial charge < -0.3 is 15.2 Å². The zero-order chi connectivity index (χ0) is 20.4. The Labute approximate surface area is 183 Å². The number of H-pyrrole nitrogens is 1. The third kappa shape index (κ3) is 4.06. The lowest BCUT2D eigenvalue weighted by Crippen LogP contribution is -2.09. The molecule has 0 aliphatic heterocycles. The topological polar surface area (TPSA) is 84.8 Å². The zero-order valence-corrected chi connectivity index (χ0v) is 19.2. The Morgan fingerprint density at radius 2 is 2.11 bits per heavy atom. The summed E-state index contributed by atoms with van der Waals surface area (Å²) in [5, 5.41) is 21.0. The molecular weight excluding hydrogens is 564 g/mol. The number of aromatic amines is 1. The van der Waals surface area contributed by atoms with E-state index in [4.69, 9.17) is 5.41 Å². The van der Waals surface area contributed by atoms with Crippen molar-refractivity contribution in [2.24, 2.45) is 0 Å². The molecule has 0 bridgehead atoms. The van der Waals surface area contributed by atoms with Crippen molar-refractivity contribution in [3.63, 3.8) is 0 Å². The predicted octanol–water partition coefficient (Wildman–Crippen LogP) is 6.16. The Hall–Kier alpha value is -1.58. The van der Waals surface area contributed by atoms with E-state index < -0.39 is 17.4 Å². The molecule has 0 aliphatic rings. The summed E-state index contributed by atoms with van der Waals surface area (Å²) < 4.78 is 30.0. The van der Waals surface area contributed by atoms with Crippen molar-refractivity contribution in [1.29, 1.82) is 5.41 Å². The molecule has 5 nitrogen and oxygen atoms in total. The van der Waals surface area contributed by atoms with Gasteiger partial charge in [0.1, 0.15) is 10.3 Å². The lowest BCUT2D eigenvalue weighted by atomic mass is 9.94. The van der Waals surface area contributed by atoms with Crippen LogP contribution in [0.25, 0.3) is 11.1 Å². The first-order valence-electron chi connectivity index (χ1n) is 8.13. The maximum Gasteiger partial charge on any atom is 0.165 e.